The Bertz CT molecular complexity index is 349. The molecule has 0 aromatic heterocycles. The van der Waals surface area contributed by atoms with Crippen LogP contribution in [0.1, 0.15) is 27.2 Å². The Morgan fingerprint density at radius 3 is 2.53 bits per heavy atom. The summed E-state index contributed by atoms with van der Waals surface area (Å²) in [5.74, 6) is 1.15. The van der Waals surface area contributed by atoms with Crippen molar-refractivity contribution in [2.45, 2.75) is 33.3 Å². The van der Waals surface area contributed by atoms with Crippen LogP contribution in [0.15, 0.2) is 11.4 Å². The largest absolute Gasteiger partial charge is 0.332 e. The van der Waals surface area contributed by atoms with Crippen molar-refractivity contribution in [3.63, 3.8) is 0 Å². The molecule has 0 amide bonds. The van der Waals surface area contributed by atoms with Gasteiger partial charge in [-0.25, -0.2) is 4.39 Å². The highest BCUT2D eigenvalue weighted by molar-refractivity contribution is 7.72. The van der Waals surface area contributed by atoms with Gasteiger partial charge < -0.3 is 4.74 Å². The normalized spacial score (nSPS) is 26.4. The van der Waals surface area contributed by atoms with Gasteiger partial charge in [0, 0.05) is 5.92 Å². The summed E-state index contributed by atoms with van der Waals surface area (Å²) in [4.78, 5) is 0. The molecule has 0 aliphatic heterocycles. The smallest absolute Gasteiger partial charge is 0.254 e. The minimum absolute atomic E-state index is 0.0191. The van der Waals surface area contributed by atoms with Crippen molar-refractivity contribution in [2.75, 3.05) is 18.4 Å². The van der Waals surface area contributed by atoms with E-state index in [0.29, 0.717) is 6.35 Å². The van der Waals surface area contributed by atoms with E-state index in [1.54, 1.807) is 0 Å². The maximum Gasteiger partial charge on any atom is 0.254 e. The van der Waals surface area contributed by atoms with E-state index in [0.717, 1.165) is 24.1 Å². The highest BCUT2D eigenvalue weighted by atomic mass is 31.2. The molecule has 0 bridgehead atoms. The van der Waals surface area contributed by atoms with Gasteiger partial charge in [0.05, 0.1) is 18.7 Å². The Labute approximate surface area is 106 Å². The van der Waals surface area contributed by atoms with Gasteiger partial charge in [0.1, 0.15) is 19.5 Å². The Kier molecular flexibility index (Phi) is 6.00. The van der Waals surface area contributed by atoms with Crippen molar-refractivity contribution in [1.82, 2.24) is 0 Å². The van der Waals surface area contributed by atoms with Crippen LogP contribution in [0.2, 0.25) is 0 Å². The van der Waals surface area contributed by atoms with E-state index in [1.165, 1.54) is 0 Å². The van der Waals surface area contributed by atoms with Gasteiger partial charge in [0.25, 0.3) is 5.90 Å². The molecule has 0 heterocycles. The highest BCUT2D eigenvalue weighted by Crippen LogP contribution is 2.38. The molecule has 0 fully saturated rings. The molecule has 4 unspecified atom stereocenters. The van der Waals surface area contributed by atoms with E-state index < -0.39 is 0 Å². The van der Waals surface area contributed by atoms with E-state index in [2.05, 4.69) is 19.5 Å². The molecule has 0 N–H and O–H groups in total. The molecule has 1 aliphatic carbocycles. The molecule has 4 atom stereocenters. The first-order chi connectivity index (χ1) is 7.95. The van der Waals surface area contributed by atoms with Crippen LogP contribution in [0.3, 0.4) is 0 Å². The van der Waals surface area contributed by atoms with Gasteiger partial charge in [-0.2, -0.15) is 0 Å². The lowest BCUT2D eigenvalue weighted by atomic mass is 10.1. The Morgan fingerprint density at radius 1 is 1.41 bits per heavy atom. The predicted octanol–water partition coefficient (Wildman–Crippen LogP) is 4.42. The van der Waals surface area contributed by atoms with Crippen molar-refractivity contribution in [1.29, 1.82) is 0 Å². The number of ether oxygens (including phenoxy) is 1. The van der Waals surface area contributed by atoms with E-state index in [-0.39, 0.29) is 32.9 Å². The molecule has 4 heteroatoms. The lowest BCUT2D eigenvalue weighted by molar-refractivity contribution is 0.111. The quantitative estimate of drug-likeness (QED) is 0.653. The molecule has 0 aromatic carbocycles. The van der Waals surface area contributed by atoms with Crippen molar-refractivity contribution < 1.29 is 9.13 Å². The van der Waals surface area contributed by atoms with Crippen LogP contribution in [-0.4, -0.2) is 37.1 Å². The van der Waals surface area contributed by atoms with Crippen molar-refractivity contribution in [3.05, 3.63) is 11.4 Å². The van der Waals surface area contributed by atoms with Crippen molar-refractivity contribution >= 4 is 27.7 Å². The molecule has 1 aliphatic rings. The summed E-state index contributed by atoms with van der Waals surface area (Å²) in [6, 6.07) is 0. The number of hydrogen-bond donors (Lipinski definition) is 0. The standard InChI is InChI=1S/C13H23FOP2/c1-6-16(4)9-17(5)8-15-12-7-10(2)13(14)11(12)3/h10,12H,4-9H2,1-3H3/q+2. The molecule has 17 heavy (non-hydrogen) atoms. The van der Waals surface area contributed by atoms with E-state index >= 15 is 0 Å². The summed E-state index contributed by atoms with van der Waals surface area (Å²) in [7, 11) is -0.460. The molecule has 1 nitrogen and oxygen atoms in total. The zero-order valence-corrected chi connectivity index (χ0v) is 12.9. The fourth-order valence-corrected chi connectivity index (χ4v) is 5.74. The Balaban J connectivity index is 2.38. The van der Waals surface area contributed by atoms with Gasteiger partial charge in [-0.3, -0.25) is 0 Å². The van der Waals surface area contributed by atoms with Crippen LogP contribution in [0.25, 0.3) is 0 Å². The zero-order chi connectivity index (χ0) is 13.0. The van der Waals surface area contributed by atoms with Gasteiger partial charge in [-0.1, -0.05) is 6.92 Å². The molecular weight excluding hydrogens is 253 g/mol. The van der Waals surface area contributed by atoms with Crippen LogP contribution >= 0.6 is 15.1 Å². The average Bonchev–Trinajstić information content (AvgIpc) is 2.54. The third-order valence-electron chi connectivity index (χ3n) is 3.17. The first-order valence-corrected chi connectivity index (χ1v) is 9.83. The summed E-state index contributed by atoms with van der Waals surface area (Å²) in [5.41, 5.74) is 0.785. The summed E-state index contributed by atoms with van der Waals surface area (Å²) in [6.45, 7) is 5.93. The van der Waals surface area contributed by atoms with E-state index in [9.17, 15) is 4.39 Å². The first-order valence-electron chi connectivity index (χ1n) is 6.04. The van der Waals surface area contributed by atoms with Crippen LogP contribution in [0.5, 0.6) is 0 Å². The van der Waals surface area contributed by atoms with Gasteiger partial charge in [-0.05, 0) is 25.8 Å². The fraction of sp³-hybridized carbons (Fsp3) is 0.692. The fourth-order valence-electron chi connectivity index (χ4n) is 1.96. The Morgan fingerprint density at radius 2 is 2.06 bits per heavy atom. The van der Waals surface area contributed by atoms with Gasteiger partial charge in [0.2, 0.25) is 6.35 Å². The molecule has 0 spiro atoms. The van der Waals surface area contributed by atoms with Crippen LogP contribution < -0.4 is 0 Å². The maximum absolute atomic E-state index is 13.5. The molecule has 0 radical (unpaired) electrons. The summed E-state index contributed by atoms with van der Waals surface area (Å²) in [5, 5.41) is 0. The lowest BCUT2D eigenvalue weighted by Crippen LogP contribution is -2.11. The minimum atomic E-state index is -0.341. The summed E-state index contributed by atoms with van der Waals surface area (Å²) >= 11 is 0. The molecule has 0 saturated heterocycles. The molecule has 96 valence electrons. The van der Waals surface area contributed by atoms with Crippen molar-refractivity contribution in [3.8, 4) is 0 Å². The number of hydrogen-bond acceptors (Lipinski definition) is 1. The van der Waals surface area contributed by atoms with Crippen molar-refractivity contribution in [2.24, 2.45) is 5.92 Å². The summed E-state index contributed by atoms with van der Waals surface area (Å²) in [6.07, 6.45) is 10.9. The lowest BCUT2D eigenvalue weighted by Gasteiger charge is -2.10. The number of halogens is 1. The second kappa shape index (κ2) is 6.78. The number of allylic oxidation sites excluding steroid dienone is 1. The zero-order valence-electron chi connectivity index (χ0n) is 11.1. The van der Waals surface area contributed by atoms with Gasteiger partial charge in [0.15, 0.2) is 7.55 Å². The summed E-state index contributed by atoms with van der Waals surface area (Å²) < 4.78 is 19.3. The third-order valence-corrected chi connectivity index (χ3v) is 7.77. The number of rotatable bonds is 6. The van der Waals surface area contributed by atoms with Crippen LogP contribution in [0.4, 0.5) is 4.39 Å². The van der Waals surface area contributed by atoms with Gasteiger partial charge >= 0.3 is 0 Å². The molecule has 1 rings (SSSR count). The predicted molar refractivity (Wildman–Crippen MR) is 80.8 cm³/mol. The maximum atomic E-state index is 13.5. The molecule has 0 saturated carbocycles. The van der Waals surface area contributed by atoms with Crippen LogP contribution in [-0.2, 0) is 4.74 Å². The SMILES string of the molecule is C=[P+](CC)C[P+](=C)COC1CC(C)C(F)=C1C. The van der Waals surface area contributed by atoms with Gasteiger partial charge in [-0.15, -0.1) is 0 Å². The third kappa shape index (κ3) is 4.28. The van der Waals surface area contributed by atoms with E-state index in [1.807, 2.05) is 13.8 Å². The molecule has 0 aromatic rings. The van der Waals surface area contributed by atoms with Crippen LogP contribution in [0, 0.1) is 5.92 Å². The average molecular weight is 276 g/mol. The first kappa shape index (κ1) is 15.0. The highest BCUT2D eigenvalue weighted by Gasteiger charge is 2.30. The Hall–Kier alpha value is -0.0300. The minimum Gasteiger partial charge on any atom is -0.332 e. The topological polar surface area (TPSA) is 9.23 Å². The second-order valence-electron chi connectivity index (χ2n) is 4.75. The second-order valence-corrected chi connectivity index (χ2v) is 9.46. The molecular formula is C13H23FOP2+2. The van der Waals surface area contributed by atoms with E-state index in [4.69, 9.17) is 4.74 Å². The monoisotopic (exact) mass is 276 g/mol.